The molecule has 1 unspecified atom stereocenters. The molecule has 0 bridgehead atoms. The molecular formula is C9H9ClF2N2. The highest BCUT2D eigenvalue weighted by atomic mass is 35.5. The first-order valence-corrected chi connectivity index (χ1v) is 3.72. The standard InChI is InChI=1S/C9H8F2N2.ClH/c10-7-2-1-6(5-8(7)11)9(13)3-4-12;/h1-2,5,9H,3,13H2;1H. The number of rotatable bonds is 2. The smallest absolute Gasteiger partial charge is 0.159 e. The van der Waals surface area contributed by atoms with Crippen molar-refractivity contribution < 1.29 is 8.78 Å². The molecule has 1 aromatic rings. The van der Waals surface area contributed by atoms with Gasteiger partial charge in [-0.15, -0.1) is 12.4 Å². The zero-order valence-corrected chi connectivity index (χ0v) is 8.02. The molecule has 0 saturated heterocycles. The van der Waals surface area contributed by atoms with Crippen LogP contribution in [0.4, 0.5) is 8.78 Å². The maximum atomic E-state index is 12.7. The molecule has 0 aliphatic rings. The van der Waals surface area contributed by atoms with E-state index in [1.165, 1.54) is 6.07 Å². The van der Waals surface area contributed by atoms with Gasteiger partial charge in [0.15, 0.2) is 11.6 Å². The number of halogens is 3. The Bertz CT molecular complexity index is 349. The second-order valence-corrected chi connectivity index (χ2v) is 2.64. The summed E-state index contributed by atoms with van der Waals surface area (Å²) in [6.07, 6.45) is 0.0884. The van der Waals surface area contributed by atoms with Crippen molar-refractivity contribution >= 4 is 12.4 Å². The van der Waals surface area contributed by atoms with Crippen LogP contribution in [0, 0.1) is 23.0 Å². The van der Waals surface area contributed by atoms with E-state index < -0.39 is 17.7 Å². The molecule has 0 amide bonds. The zero-order valence-electron chi connectivity index (χ0n) is 7.21. The summed E-state index contributed by atoms with van der Waals surface area (Å²) in [4.78, 5) is 0. The number of hydrogen-bond acceptors (Lipinski definition) is 2. The lowest BCUT2D eigenvalue weighted by Gasteiger charge is -2.07. The van der Waals surface area contributed by atoms with Crippen LogP contribution in [0.25, 0.3) is 0 Å². The second kappa shape index (κ2) is 5.53. The molecule has 0 spiro atoms. The number of nitrogens with two attached hydrogens (primary N) is 1. The molecule has 76 valence electrons. The molecule has 0 radical (unpaired) electrons. The van der Waals surface area contributed by atoms with Crippen molar-refractivity contribution in [2.75, 3.05) is 0 Å². The van der Waals surface area contributed by atoms with Crippen molar-refractivity contribution in [1.29, 1.82) is 5.26 Å². The van der Waals surface area contributed by atoms with Crippen molar-refractivity contribution in [3.8, 4) is 6.07 Å². The maximum Gasteiger partial charge on any atom is 0.159 e. The van der Waals surface area contributed by atoms with E-state index in [-0.39, 0.29) is 18.8 Å². The van der Waals surface area contributed by atoms with Crippen LogP contribution in [0.15, 0.2) is 18.2 Å². The van der Waals surface area contributed by atoms with Crippen LogP contribution in [-0.4, -0.2) is 0 Å². The van der Waals surface area contributed by atoms with Crippen LogP contribution in [-0.2, 0) is 0 Å². The average Bonchev–Trinajstić information content (AvgIpc) is 2.10. The van der Waals surface area contributed by atoms with E-state index >= 15 is 0 Å². The molecule has 0 saturated carbocycles. The van der Waals surface area contributed by atoms with Crippen molar-refractivity contribution in [3.05, 3.63) is 35.4 Å². The minimum absolute atomic E-state index is 0. The third kappa shape index (κ3) is 2.95. The Hall–Kier alpha value is -1.18. The van der Waals surface area contributed by atoms with E-state index in [1.807, 2.05) is 6.07 Å². The molecule has 14 heavy (non-hydrogen) atoms. The van der Waals surface area contributed by atoms with Gasteiger partial charge in [-0.1, -0.05) is 6.07 Å². The third-order valence-corrected chi connectivity index (χ3v) is 1.68. The summed E-state index contributed by atoms with van der Waals surface area (Å²) in [5.74, 6) is -1.85. The second-order valence-electron chi connectivity index (χ2n) is 2.64. The number of nitrogens with zero attached hydrogens (tertiary/aromatic N) is 1. The average molecular weight is 219 g/mol. The van der Waals surface area contributed by atoms with Gasteiger partial charge in [0, 0.05) is 6.04 Å². The van der Waals surface area contributed by atoms with Crippen LogP contribution in [0.1, 0.15) is 18.0 Å². The number of hydrogen-bond donors (Lipinski definition) is 1. The number of benzene rings is 1. The molecule has 0 fully saturated rings. The summed E-state index contributed by atoms with van der Waals surface area (Å²) in [6.45, 7) is 0. The molecule has 0 aliphatic carbocycles. The highest BCUT2D eigenvalue weighted by Crippen LogP contribution is 2.16. The Morgan fingerprint density at radius 3 is 2.50 bits per heavy atom. The van der Waals surface area contributed by atoms with Gasteiger partial charge in [-0.3, -0.25) is 0 Å². The molecule has 0 heterocycles. The van der Waals surface area contributed by atoms with E-state index in [2.05, 4.69) is 0 Å². The van der Waals surface area contributed by atoms with Crippen LogP contribution < -0.4 is 5.73 Å². The largest absolute Gasteiger partial charge is 0.323 e. The molecule has 0 aromatic heterocycles. The molecule has 1 rings (SSSR count). The first-order valence-electron chi connectivity index (χ1n) is 3.72. The minimum Gasteiger partial charge on any atom is -0.323 e. The molecule has 1 atom stereocenters. The normalized spacial score (nSPS) is 11.3. The first-order chi connectivity index (χ1) is 6.15. The van der Waals surface area contributed by atoms with Crippen molar-refractivity contribution in [2.24, 2.45) is 5.73 Å². The maximum absolute atomic E-state index is 12.7. The van der Waals surface area contributed by atoms with Crippen LogP contribution in [0.2, 0.25) is 0 Å². The van der Waals surface area contributed by atoms with E-state index in [4.69, 9.17) is 11.0 Å². The van der Waals surface area contributed by atoms with Crippen molar-refractivity contribution in [2.45, 2.75) is 12.5 Å². The van der Waals surface area contributed by atoms with E-state index in [1.54, 1.807) is 0 Å². The quantitative estimate of drug-likeness (QED) is 0.828. The van der Waals surface area contributed by atoms with Crippen molar-refractivity contribution in [1.82, 2.24) is 0 Å². The van der Waals surface area contributed by atoms with Crippen LogP contribution in [0.3, 0.4) is 0 Å². The Labute approximate surface area is 86.7 Å². The lowest BCUT2D eigenvalue weighted by molar-refractivity contribution is 0.505. The fraction of sp³-hybridized carbons (Fsp3) is 0.222. The van der Waals surface area contributed by atoms with Gasteiger partial charge in [0.1, 0.15) is 0 Å². The van der Waals surface area contributed by atoms with Gasteiger partial charge < -0.3 is 5.73 Å². The monoisotopic (exact) mass is 218 g/mol. The molecule has 2 nitrogen and oxygen atoms in total. The van der Waals surface area contributed by atoms with Crippen LogP contribution in [0.5, 0.6) is 0 Å². The zero-order chi connectivity index (χ0) is 9.84. The Kier molecular flexibility index (Phi) is 5.06. The SMILES string of the molecule is Cl.N#CCC(N)c1ccc(F)c(F)c1. The van der Waals surface area contributed by atoms with Gasteiger partial charge in [0.2, 0.25) is 0 Å². The highest BCUT2D eigenvalue weighted by Gasteiger charge is 2.08. The summed E-state index contributed by atoms with van der Waals surface area (Å²) in [5, 5.41) is 8.32. The summed E-state index contributed by atoms with van der Waals surface area (Å²) >= 11 is 0. The summed E-state index contributed by atoms with van der Waals surface area (Å²) in [6, 6.07) is 4.69. The van der Waals surface area contributed by atoms with Gasteiger partial charge >= 0.3 is 0 Å². The van der Waals surface area contributed by atoms with Crippen molar-refractivity contribution in [3.63, 3.8) is 0 Å². The lowest BCUT2D eigenvalue weighted by atomic mass is 10.1. The highest BCUT2D eigenvalue weighted by molar-refractivity contribution is 5.85. The molecule has 5 heteroatoms. The third-order valence-electron chi connectivity index (χ3n) is 1.68. The van der Waals surface area contributed by atoms with E-state index in [0.29, 0.717) is 5.56 Å². The Balaban J connectivity index is 0.00000169. The predicted molar refractivity (Wildman–Crippen MR) is 50.8 cm³/mol. The number of nitriles is 1. The first kappa shape index (κ1) is 12.8. The molecule has 1 aromatic carbocycles. The van der Waals surface area contributed by atoms with Gasteiger partial charge in [0.05, 0.1) is 12.5 Å². The fourth-order valence-electron chi connectivity index (χ4n) is 0.959. The molecule has 2 N–H and O–H groups in total. The Morgan fingerprint density at radius 2 is 2.00 bits per heavy atom. The van der Waals surface area contributed by atoms with Gasteiger partial charge in [0.25, 0.3) is 0 Å². The Morgan fingerprint density at radius 1 is 1.36 bits per heavy atom. The minimum atomic E-state index is -0.939. The van der Waals surface area contributed by atoms with Crippen LogP contribution >= 0.6 is 12.4 Å². The summed E-state index contributed by atoms with van der Waals surface area (Å²) < 4.78 is 25.1. The molecule has 0 aliphatic heterocycles. The lowest BCUT2D eigenvalue weighted by Crippen LogP contribution is -2.09. The van der Waals surface area contributed by atoms with Gasteiger partial charge in [-0.05, 0) is 17.7 Å². The van der Waals surface area contributed by atoms with Gasteiger partial charge in [-0.25, -0.2) is 8.78 Å². The summed E-state index contributed by atoms with van der Waals surface area (Å²) in [7, 11) is 0. The van der Waals surface area contributed by atoms with E-state index in [0.717, 1.165) is 12.1 Å². The predicted octanol–water partition coefficient (Wildman–Crippen LogP) is 2.30. The van der Waals surface area contributed by atoms with E-state index in [9.17, 15) is 8.78 Å². The summed E-state index contributed by atoms with van der Waals surface area (Å²) in [5.41, 5.74) is 5.94. The molecular weight excluding hydrogens is 210 g/mol. The van der Waals surface area contributed by atoms with Gasteiger partial charge in [-0.2, -0.15) is 5.26 Å². The topological polar surface area (TPSA) is 49.8 Å². The fourth-order valence-corrected chi connectivity index (χ4v) is 0.959.